The Bertz CT molecular complexity index is 721. The van der Waals surface area contributed by atoms with Crippen molar-refractivity contribution < 1.29 is 19.0 Å². The van der Waals surface area contributed by atoms with Gasteiger partial charge in [0.2, 0.25) is 0 Å². The molecule has 132 valence electrons. The summed E-state index contributed by atoms with van der Waals surface area (Å²) in [5.74, 6) is 1.19. The van der Waals surface area contributed by atoms with Crippen LogP contribution in [0.3, 0.4) is 0 Å². The first-order chi connectivity index (χ1) is 12.2. The third kappa shape index (κ3) is 4.51. The molecule has 0 spiro atoms. The minimum absolute atomic E-state index is 0.178. The van der Waals surface area contributed by atoms with Crippen molar-refractivity contribution in [2.24, 2.45) is 0 Å². The highest BCUT2D eigenvalue weighted by molar-refractivity contribution is 6.05. The van der Waals surface area contributed by atoms with Crippen LogP contribution in [0.2, 0.25) is 0 Å². The van der Waals surface area contributed by atoms with E-state index in [0.29, 0.717) is 23.6 Å². The van der Waals surface area contributed by atoms with E-state index in [1.54, 1.807) is 31.4 Å². The summed E-state index contributed by atoms with van der Waals surface area (Å²) >= 11 is 0. The molecule has 1 fully saturated rings. The summed E-state index contributed by atoms with van der Waals surface area (Å²) in [6, 6.07) is 12.8. The molecule has 25 heavy (non-hydrogen) atoms. The van der Waals surface area contributed by atoms with Crippen molar-refractivity contribution in [1.82, 2.24) is 0 Å². The highest BCUT2D eigenvalue weighted by Gasteiger charge is 2.16. The Hall–Kier alpha value is -2.53. The highest BCUT2D eigenvalue weighted by Crippen LogP contribution is 2.26. The van der Waals surface area contributed by atoms with E-state index < -0.39 is 0 Å². The highest BCUT2D eigenvalue weighted by atomic mass is 16.5. The molecule has 2 aromatic carbocycles. The van der Waals surface area contributed by atoms with Gasteiger partial charge in [0.1, 0.15) is 18.1 Å². The largest absolute Gasteiger partial charge is 0.495 e. The van der Waals surface area contributed by atoms with Crippen molar-refractivity contribution in [3.8, 4) is 11.5 Å². The first-order valence-electron chi connectivity index (χ1n) is 8.46. The molecule has 0 radical (unpaired) electrons. The van der Waals surface area contributed by atoms with Gasteiger partial charge >= 0.3 is 0 Å². The number of benzene rings is 2. The molecule has 0 aliphatic carbocycles. The Morgan fingerprint density at radius 1 is 1.24 bits per heavy atom. The van der Waals surface area contributed by atoms with Crippen LogP contribution >= 0.6 is 0 Å². The predicted molar refractivity (Wildman–Crippen MR) is 96.6 cm³/mol. The smallest absolute Gasteiger partial charge is 0.255 e. The number of carbonyl (C=O) groups is 1. The normalized spacial score (nSPS) is 16.5. The van der Waals surface area contributed by atoms with Crippen LogP contribution in [0.25, 0.3) is 0 Å². The Morgan fingerprint density at radius 3 is 2.72 bits per heavy atom. The van der Waals surface area contributed by atoms with Gasteiger partial charge in [-0.25, -0.2) is 0 Å². The summed E-state index contributed by atoms with van der Waals surface area (Å²) in [5, 5.41) is 2.89. The third-order valence-corrected chi connectivity index (χ3v) is 4.18. The Balaban J connectivity index is 1.61. The summed E-state index contributed by atoms with van der Waals surface area (Å²) in [5.41, 5.74) is 2.27. The Kier molecular flexibility index (Phi) is 5.56. The fraction of sp³-hybridized carbons (Fsp3) is 0.350. The van der Waals surface area contributed by atoms with Gasteiger partial charge < -0.3 is 19.5 Å². The number of methoxy groups -OCH3 is 1. The number of nitrogens with one attached hydrogen (secondary N) is 1. The molecule has 0 saturated carbocycles. The molecule has 1 amide bonds. The molecule has 1 saturated heterocycles. The van der Waals surface area contributed by atoms with Crippen molar-refractivity contribution in [1.29, 1.82) is 0 Å². The summed E-state index contributed by atoms with van der Waals surface area (Å²) in [7, 11) is 1.58. The quantitative estimate of drug-likeness (QED) is 0.868. The predicted octanol–water partition coefficient (Wildman–Crippen LogP) is 3.81. The fourth-order valence-electron chi connectivity index (χ4n) is 2.78. The Labute approximate surface area is 147 Å². The van der Waals surface area contributed by atoms with Crippen molar-refractivity contribution in [2.75, 3.05) is 25.6 Å². The average molecular weight is 341 g/mol. The molecule has 1 aliphatic heterocycles. The van der Waals surface area contributed by atoms with Gasteiger partial charge in [-0.1, -0.05) is 6.07 Å². The molecule has 5 nitrogen and oxygen atoms in total. The van der Waals surface area contributed by atoms with Gasteiger partial charge in [0, 0.05) is 12.2 Å². The number of hydrogen-bond donors (Lipinski definition) is 1. The van der Waals surface area contributed by atoms with Crippen LogP contribution in [0, 0.1) is 6.92 Å². The molecular weight excluding hydrogens is 318 g/mol. The minimum Gasteiger partial charge on any atom is -0.495 e. The second-order valence-electron chi connectivity index (χ2n) is 6.13. The maximum Gasteiger partial charge on any atom is 0.255 e. The van der Waals surface area contributed by atoms with E-state index in [9.17, 15) is 4.79 Å². The molecule has 1 N–H and O–H groups in total. The number of carbonyl (C=O) groups excluding carboxylic acids is 1. The monoisotopic (exact) mass is 341 g/mol. The second-order valence-corrected chi connectivity index (χ2v) is 6.13. The third-order valence-electron chi connectivity index (χ3n) is 4.18. The lowest BCUT2D eigenvalue weighted by atomic mass is 10.1. The van der Waals surface area contributed by atoms with Crippen molar-refractivity contribution in [3.05, 3.63) is 53.6 Å². The molecule has 1 heterocycles. The summed E-state index contributed by atoms with van der Waals surface area (Å²) < 4.78 is 16.5. The van der Waals surface area contributed by atoms with Gasteiger partial charge in [0.05, 0.1) is 18.9 Å². The van der Waals surface area contributed by atoms with E-state index >= 15 is 0 Å². The van der Waals surface area contributed by atoms with E-state index in [4.69, 9.17) is 14.2 Å². The zero-order valence-corrected chi connectivity index (χ0v) is 14.6. The van der Waals surface area contributed by atoms with Gasteiger partial charge in [-0.15, -0.1) is 0 Å². The van der Waals surface area contributed by atoms with E-state index in [0.717, 1.165) is 30.8 Å². The number of anilines is 1. The molecule has 5 heteroatoms. The average Bonchev–Trinajstić information content (AvgIpc) is 3.14. The first kappa shape index (κ1) is 17.3. The number of ether oxygens (including phenoxy) is 3. The lowest BCUT2D eigenvalue weighted by molar-refractivity contribution is 0.0679. The van der Waals surface area contributed by atoms with Crippen molar-refractivity contribution in [3.63, 3.8) is 0 Å². The minimum atomic E-state index is -0.186. The van der Waals surface area contributed by atoms with E-state index in [2.05, 4.69) is 5.32 Å². The summed E-state index contributed by atoms with van der Waals surface area (Å²) in [6.45, 7) is 3.33. The zero-order valence-electron chi connectivity index (χ0n) is 14.6. The molecule has 1 unspecified atom stereocenters. The fourth-order valence-corrected chi connectivity index (χ4v) is 2.78. The molecule has 1 aliphatic rings. The van der Waals surface area contributed by atoms with Crippen LogP contribution in [-0.4, -0.2) is 32.3 Å². The maximum absolute atomic E-state index is 12.4. The van der Waals surface area contributed by atoms with Crippen LogP contribution in [0.1, 0.15) is 28.8 Å². The second kappa shape index (κ2) is 8.03. The lowest BCUT2D eigenvalue weighted by Gasteiger charge is -2.13. The molecule has 1 atom stereocenters. The van der Waals surface area contributed by atoms with E-state index in [-0.39, 0.29) is 12.0 Å². The van der Waals surface area contributed by atoms with E-state index in [1.807, 2.05) is 25.1 Å². The zero-order chi connectivity index (χ0) is 17.6. The molecule has 3 rings (SSSR count). The first-order valence-corrected chi connectivity index (χ1v) is 8.46. The van der Waals surface area contributed by atoms with Gasteiger partial charge in [-0.2, -0.15) is 0 Å². The van der Waals surface area contributed by atoms with Crippen LogP contribution in [0.15, 0.2) is 42.5 Å². The van der Waals surface area contributed by atoms with Gasteiger partial charge in [-0.05, 0) is 61.7 Å². The maximum atomic E-state index is 12.4. The van der Waals surface area contributed by atoms with Crippen molar-refractivity contribution >= 4 is 11.6 Å². The van der Waals surface area contributed by atoms with Crippen LogP contribution in [0.5, 0.6) is 11.5 Å². The molecule has 2 aromatic rings. The standard InChI is InChI=1S/C20H23NO4/c1-14-5-10-19(23-2)18(12-14)21-20(22)15-6-8-16(9-7-15)25-13-17-4-3-11-24-17/h5-10,12,17H,3-4,11,13H2,1-2H3,(H,21,22). The lowest BCUT2D eigenvalue weighted by Crippen LogP contribution is -2.16. The SMILES string of the molecule is COc1ccc(C)cc1NC(=O)c1ccc(OCC2CCCO2)cc1. The van der Waals surface area contributed by atoms with Crippen LogP contribution < -0.4 is 14.8 Å². The molecular formula is C20H23NO4. The molecule has 0 aromatic heterocycles. The number of hydrogen-bond acceptors (Lipinski definition) is 4. The number of rotatable bonds is 6. The summed E-state index contributed by atoms with van der Waals surface area (Å²) in [6.07, 6.45) is 2.31. The Morgan fingerprint density at radius 2 is 2.04 bits per heavy atom. The number of aryl methyl sites for hydroxylation is 1. The van der Waals surface area contributed by atoms with Crippen molar-refractivity contribution in [2.45, 2.75) is 25.9 Å². The summed E-state index contributed by atoms with van der Waals surface area (Å²) in [4.78, 5) is 12.4. The van der Waals surface area contributed by atoms with Gasteiger partial charge in [-0.3, -0.25) is 4.79 Å². The topological polar surface area (TPSA) is 56.8 Å². The van der Waals surface area contributed by atoms with E-state index in [1.165, 1.54) is 0 Å². The van der Waals surface area contributed by atoms with Gasteiger partial charge in [0.15, 0.2) is 0 Å². The van der Waals surface area contributed by atoms with Crippen LogP contribution in [-0.2, 0) is 4.74 Å². The van der Waals surface area contributed by atoms with Gasteiger partial charge in [0.25, 0.3) is 5.91 Å². The molecule has 0 bridgehead atoms. The number of amides is 1. The van der Waals surface area contributed by atoms with Crippen LogP contribution in [0.4, 0.5) is 5.69 Å².